The molecule has 1 amide bonds. The van der Waals surface area contributed by atoms with Crippen LogP contribution < -0.4 is 0 Å². The van der Waals surface area contributed by atoms with Gasteiger partial charge >= 0.3 is 0 Å². The molecule has 2 rings (SSSR count). The summed E-state index contributed by atoms with van der Waals surface area (Å²) in [6, 6.07) is 0. The largest absolute Gasteiger partial charge is 0.393 e. The topological polar surface area (TPSA) is 104 Å². The van der Waals surface area contributed by atoms with Crippen molar-refractivity contribution in [2.24, 2.45) is 0 Å². The van der Waals surface area contributed by atoms with Crippen molar-refractivity contribution in [2.45, 2.75) is 37.8 Å². The zero-order valence-corrected chi connectivity index (χ0v) is 10.8. The molecule has 0 spiro atoms. The number of tetrazole rings is 1. The van der Waals surface area contributed by atoms with Gasteiger partial charge in [0.05, 0.1) is 13.2 Å². The zero-order valence-electron chi connectivity index (χ0n) is 10.8. The Morgan fingerprint density at radius 3 is 3.00 bits per heavy atom. The van der Waals surface area contributed by atoms with Crippen LogP contribution in [0.15, 0.2) is 6.33 Å². The molecule has 2 N–H and O–H groups in total. The maximum atomic E-state index is 12.0. The van der Waals surface area contributed by atoms with Crippen LogP contribution in [0.1, 0.15) is 25.7 Å². The number of amides is 1. The molecule has 1 aromatic rings. The van der Waals surface area contributed by atoms with E-state index in [0.717, 1.165) is 6.42 Å². The smallest absolute Gasteiger partial charge is 0.222 e. The Morgan fingerprint density at radius 2 is 2.32 bits per heavy atom. The molecule has 0 radical (unpaired) electrons. The molecular formula is C11H19N5O3. The first-order valence-electron chi connectivity index (χ1n) is 6.45. The van der Waals surface area contributed by atoms with Gasteiger partial charge in [0.15, 0.2) is 0 Å². The first-order valence-corrected chi connectivity index (χ1v) is 6.45. The Bertz CT molecular complexity index is 410. The Hall–Kier alpha value is -1.54. The molecule has 2 heterocycles. The molecule has 8 heteroatoms. The van der Waals surface area contributed by atoms with Crippen molar-refractivity contribution < 1.29 is 15.0 Å². The van der Waals surface area contributed by atoms with Gasteiger partial charge in [-0.25, -0.2) is 4.68 Å². The summed E-state index contributed by atoms with van der Waals surface area (Å²) in [7, 11) is 0. The van der Waals surface area contributed by atoms with E-state index in [1.165, 1.54) is 6.33 Å². The second kappa shape index (κ2) is 6.07. The van der Waals surface area contributed by atoms with E-state index in [4.69, 9.17) is 5.11 Å². The van der Waals surface area contributed by atoms with Gasteiger partial charge in [-0.2, -0.15) is 0 Å². The fourth-order valence-corrected chi connectivity index (χ4v) is 2.29. The highest BCUT2D eigenvalue weighted by Crippen LogP contribution is 2.21. The Balaban J connectivity index is 1.76. The molecule has 0 aromatic carbocycles. The minimum atomic E-state index is -1.14. The number of piperidine rings is 1. The minimum Gasteiger partial charge on any atom is -0.393 e. The Kier molecular flexibility index (Phi) is 4.43. The lowest BCUT2D eigenvalue weighted by Crippen LogP contribution is -2.52. The highest BCUT2D eigenvalue weighted by molar-refractivity contribution is 5.76. The monoisotopic (exact) mass is 269 g/mol. The summed E-state index contributed by atoms with van der Waals surface area (Å²) in [6.45, 7) is 1.15. The van der Waals surface area contributed by atoms with Crippen LogP contribution in [0.2, 0.25) is 0 Å². The molecular weight excluding hydrogens is 250 g/mol. The molecule has 0 saturated carbocycles. The van der Waals surface area contributed by atoms with Gasteiger partial charge in [-0.3, -0.25) is 4.79 Å². The summed E-state index contributed by atoms with van der Waals surface area (Å²) in [5, 5.41) is 29.9. The third-order valence-electron chi connectivity index (χ3n) is 3.37. The number of aliphatic hydroxyl groups is 2. The number of β-amino-alcohol motifs (C(OH)–C–C–N with tert-alkyl or cyclic N) is 1. The molecule has 106 valence electrons. The van der Waals surface area contributed by atoms with Crippen molar-refractivity contribution in [3.8, 4) is 0 Å². The van der Waals surface area contributed by atoms with Crippen LogP contribution in [-0.2, 0) is 11.3 Å². The van der Waals surface area contributed by atoms with E-state index in [0.29, 0.717) is 32.4 Å². The number of aliphatic hydroxyl groups excluding tert-OH is 1. The lowest BCUT2D eigenvalue weighted by Gasteiger charge is -2.38. The number of carbonyl (C=O) groups excluding carboxylic acids is 1. The highest BCUT2D eigenvalue weighted by atomic mass is 16.3. The average Bonchev–Trinajstić information content (AvgIpc) is 2.92. The number of aromatic nitrogens is 4. The predicted molar refractivity (Wildman–Crippen MR) is 64.9 cm³/mol. The van der Waals surface area contributed by atoms with Gasteiger partial charge in [-0.05, 0) is 29.7 Å². The molecule has 0 aliphatic carbocycles. The number of aryl methyl sites for hydroxylation is 1. The van der Waals surface area contributed by atoms with E-state index in [1.807, 2.05) is 0 Å². The third-order valence-corrected chi connectivity index (χ3v) is 3.37. The molecule has 1 aromatic heterocycles. The molecule has 1 saturated heterocycles. The van der Waals surface area contributed by atoms with E-state index in [9.17, 15) is 9.90 Å². The Labute approximate surface area is 111 Å². The molecule has 19 heavy (non-hydrogen) atoms. The van der Waals surface area contributed by atoms with E-state index >= 15 is 0 Å². The van der Waals surface area contributed by atoms with E-state index < -0.39 is 5.60 Å². The fraction of sp³-hybridized carbons (Fsp3) is 0.818. The normalized spacial score (nSPS) is 23.6. The van der Waals surface area contributed by atoms with Crippen molar-refractivity contribution in [1.29, 1.82) is 0 Å². The molecule has 0 bridgehead atoms. The van der Waals surface area contributed by atoms with Gasteiger partial charge in [0, 0.05) is 19.5 Å². The quantitative estimate of drug-likeness (QED) is 0.695. The predicted octanol–water partition coefficient (Wildman–Crippen LogP) is -1.20. The van der Waals surface area contributed by atoms with Crippen molar-refractivity contribution in [1.82, 2.24) is 25.1 Å². The summed E-state index contributed by atoms with van der Waals surface area (Å²) in [4.78, 5) is 13.6. The third kappa shape index (κ3) is 3.71. The van der Waals surface area contributed by atoms with Crippen LogP contribution in [0.4, 0.5) is 0 Å². The van der Waals surface area contributed by atoms with E-state index in [1.54, 1.807) is 9.58 Å². The first kappa shape index (κ1) is 13.9. The van der Waals surface area contributed by atoms with Crippen molar-refractivity contribution in [3.05, 3.63) is 6.33 Å². The molecule has 8 nitrogen and oxygen atoms in total. The van der Waals surface area contributed by atoms with Crippen LogP contribution >= 0.6 is 0 Å². The lowest BCUT2D eigenvalue weighted by atomic mass is 9.93. The highest BCUT2D eigenvalue weighted by Gasteiger charge is 2.34. The number of likely N-dealkylation sites (tertiary alicyclic amines) is 1. The molecule has 0 unspecified atom stereocenters. The summed E-state index contributed by atoms with van der Waals surface area (Å²) < 4.78 is 1.58. The molecule has 1 aliphatic heterocycles. The lowest BCUT2D eigenvalue weighted by molar-refractivity contribution is -0.140. The molecule has 1 aliphatic rings. The number of hydrogen-bond acceptors (Lipinski definition) is 6. The standard InChI is InChI=1S/C11H19N5O3/c17-8-11(19)4-2-5-15(7-11)10(18)3-1-6-16-9-12-13-14-16/h9,17,19H,1-8H2/t11-/m0/s1. The van der Waals surface area contributed by atoms with Crippen molar-refractivity contribution in [2.75, 3.05) is 19.7 Å². The first-order chi connectivity index (χ1) is 9.13. The second-order valence-electron chi connectivity index (χ2n) is 4.98. The van der Waals surface area contributed by atoms with E-state index in [-0.39, 0.29) is 19.1 Å². The summed E-state index contributed by atoms with van der Waals surface area (Å²) >= 11 is 0. The van der Waals surface area contributed by atoms with Crippen LogP contribution in [0.25, 0.3) is 0 Å². The van der Waals surface area contributed by atoms with Gasteiger partial charge in [0.1, 0.15) is 11.9 Å². The number of rotatable bonds is 5. The maximum Gasteiger partial charge on any atom is 0.222 e. The van der Waals surface area contributed by atoms with Crippen LogP contribution in [-0.4, -0.2) is 66.5 Å². The zero-order chi connectivity index (χ0) is 13.7. The van der Waals surface area contributed by atoms with Crippen LogP contribution in [0, 0.1) is 0 Å². The van der Waals surface area contributed by atoms with Gasteiger partial charge in [-0.1, -0.05) is 0 Å². The van der Waals surface area contributed by atoms with Crippen LogP contribution in [0.5, 0.6) is 0 Å². The Morgan fingerprint density at radius 1 is 1.47 bits per heavy atom. The summed E-state index contributed by atoms with van der Waals surface area (Å²) in [6.07, 6.45) is 3.81. The second-order valence-corrected chi connectivity index (χ2v) is 4.98. The van der Waals surface area contributed by atoms with Crippen molar-refractivity contribution in [3.63, 3.8) is 0 Å². The van der Waals surface area contributed by atoms with Crippen molar-refractivity contribution >= 4 is 5.91 Å². The number of carbonyl (C=O) groups is 1. The summed E-state index contributed by atoms with van der Waals surface area (Å²) in [5.74, 6) is -0.000325. The minimum absolute atomic E-state index is 0.000325. The van der Waals surface area contributed by atoms with Crippen LogP contribution in [0.3, 0.4) is 0 Å². The number of hydrogen-bond donors (Lipinski definition) is 2. The van der Waals surface area contributed by atoms with Gasteiger partial charge in [0.2, 0.25) is 5.91 Å². The van der Waals surface area contributed by atoms with E-state index in [2.05, 4.69) is 15.5 Å². The van der Waals surface area contributed by atoms with Gasteiger partial charge in [-0.15, -0.1) is 5.10 Å². The fourth-order valence-electron chi connectivity index (χ4n) is 2.29. The number of nitrogens with zero attached hydrogens (tertiary/aromatic N) is 5. The summed E-state index contributed by atoms with van der Waals surface area (Å²) in [5.41, 5.74) is -1.14. The SMILES string of the molecule is O=C(CCCn1cnnn1)N1CCC[C@@](O)(CO)C1. The van der Waals surface area contributed by atoms with Gasteiger partial charge in [0.25, 0.3) is 0 Å². The maximum absolute atomic E-state index is 12.0. The average molecular weight is 269 g/mol. The van der Waals surface area contributed by atoms with Gasteiger partial charge < -0.3 is 15.1 Å². The molecule has 1 atom stereocenters. The molecule has 1 fully saturated rings.